The van der Waals surface area contributed by atoms with Crippen LogP contribution in [0.4, 0.5) is 0 Å². The second-order valence-electron chi connectivity index (χ2n) is 5.68. The van der Waals surface area contributed by atoms with E-state index in [0.29, 0.717) is 12.2 Å². The van der Waals surface area contributed by atoms with Gasteiger partial charge in [-0.2, -0.15) is 0 Å². The van der Waals surface area contributed by atoms with Crippen molar-refractivity contribution in [2.75, 3.05) is 26.2 Å². The van der Waals surface area contributed by atoms with Gasteiger partial charge in [0.15, 0.2) is 0 Å². The van der Waals surface area contributed by atoms with E-state index in [1.54, 1.807) is 6.20 Å². The number of hydrogen-bond acceptors (Lipinski definition) is 3. The van der Waals surface area contributed by atoms with E-state index in [9.17, 15) is 4.79 Å². The molecule has 1 fully saturated rings. The van der Waals surface area contributed by atoms with Crippen LogP contribution in [0.25, 0.3) is 5.65 Å². The average Bonchev–Trinajstić information content (AvgIpc) is 3.13. The second kappa shape index (κ2) is 6.26. The summed E-state index contributed by atoms with van der Waals surface area (Å²) in [6.45, 7) is 6.21. The van der Waals surface area contributed by atoms with E-state index < -0.39 is 0 Å². The SMILES string of the molecule is Cc1cccc2nc(C(=O)NCCCN3CCCC3)cn12. The molecule has 5 nitrogen and oxygen atoms in total. The second-order valence-corrected chi connectivity index (χ2v) is 5.68. The third kappa shape index (κ3) is 3.24. The lowest BCUT2D eigenvalue weighted by atomic mass is 10.3. The van der Waals surface area contributed by atoms with Gasteiger partial charge in [0.2, 0.25) is 0 Å². The first-order valence-corrected chi connectivity index (χ1v) is 7.69. The molecule has 1 aliphatic heterocycles. The van der Waals surface area contributed by atoms with Gasteiger partial charge in [-0.1, -0.05) is 6.07 Å². The number of aromatic nitrogens is 2. The summed E-state index contributed by atoms with van der Waals surface area (Å²) in [7, 11) is 0. The van der Waals surface area contributed by atoms with Gasteiger partial charge in [0.1, 0.15) is 11.3 Å². The van der Waals surface area contributed by atoms with Gasteiger partial charge in [0, 0.05) is 18.4 Å². The fourth-order valence-corrected chi connectivity index (χ4v) is 2.86. The molecule has 0 saturated carbocycles. The number of rotatable bonds is 5. The van der Waals surface area contributed by atoms with Crippen LogP contribution >= 0.6 is 0 Å². The van der Waals surface area contributed by atoms with Crippen LogP contribution in [-0.4, -0.2) is 46.4 Å². The van der Waals surface area contributed by atoms with Crippen molar-refractivity contribution in [3.05, 3.63) is 35.8 Å². The number of amides is 1. The van der Waals surface area contributed by atoms with Crippen LogP contribution < -0.4 is 5.32 Å². The quantitative estimate of drug-likeness (QED) is 0.854. The van der Waals surface area contributed by atoms with Crippen LogP contribution in [0, 0.1) is 6.92 Å². The lowest BCUT2D eigenvalue weighted by molar-refractivity contribution is 0.0947. The van der Waals surface area contributed by atoms with Crippen molar-refractivity contribution in [2.45, 2.75) is 26.2 Å². The fourth-order valence-electron chi connectivity index (χ4n) is 2.86. The van der Waals surface area contributed by atoms with E-state index in [1.165, 1.54) is 25.9 Å². The Morgan fingerprint density at radius 3 is 2.90 bits per heavy atom. The molecule has 0 aliphatic carbocycles. The Hall–Kier alpha value is -1.88. The molecule has 0 unspecified atom stereocenters. The van der Waals surface area contributed by atoms with E-state index in [4.69, 9.17) is 0 Å². The van der Waals surface area contributed by atoms with E-state index >= 15 is 0 Å². The van der Waals surface area contributed by atoms with Crippen LogP contribution in [0.15, 0.2) is 24.4 Å². The monoisotopic (exact) mass is 286 g/mol. The molecular weight excluding hydrogens is 264 g/mol. The lowest BCUT2D eigenvalue weighted by Gasteiger charge is -2.13. The number of imidazole rings is 1. The molecule has 21 heavy (non-hydrogen) atoms. The normalized spacial score (nSPS) is 15.7. The Kier molecular flexibility index (Phi) is 4.20. The fraction of sp³-hybridized carbons (Fsp3) is 0.500. The number of carbonyl (C=O) groups excluding carboxylic acids is 1. The van der Waals surface area contributed by atoms with Crippen molar-refractivity contribution in [1.29, 1.82) is 0 Å². The van der Waals surface area contributed by atoms with Gasteiger partial charge >= 0.3 is 0 Å². The number of aryl methyl sites for hydroxylation is 1. The minimum Gasteiger partial charge on any atom is -0.351 e. The number of nitrogens with zero attached hydrogens (tertiary/aromatic N) is 3. The number of likely N-dealkylation sites (tertiary alicyclic amines) is 1. The maximum atomic E-state index is 12.1. The highest BCUT2D eigenvalue weighted by Crippen LogP contribution is 2.09. The largest absolute Gasteiger partial charge is 0.351 e. The predicted octanol–water partition coefficient (Wildman–Crippen LogP) is 1.86. The standard InChI is InChI=1S/C16H22N4O/c1-13-6-4-7-15-18-14(12-20(13)15)16(21)17-8-5-11-19-9-2-3-10-19/h4,6-7,12H,2-3,5,8-11H2,1H3,(H,17,21). The molecule has 112 valence electrons. The molecule has 2 aromatic heterocycles. The van der Waals surface area contributed by atoms with Crippen LogP contribution in [0.1, 0.15) is 35.4 Å². The molecule has 3 heterocycles. The zero-order valence-electron chi connectivity index (χ0n) is 12.5. The number of fused-ring (bicyclic) bond motifs is 1. The highest BCUT2D eigenvalue weighted by atomic mass is 16.1. The van der Waals surface area contributed by atoms with E-state index in [0.717, 1.165) is 24.3 Å². The van der Waals surface area contributed by atoms with Crippen LogP contribution in [0.5, 0.6) is 0 Å². The van der Waals surface area contributed by atoms with Gasteiger partial charge in [0.25, 0.3) is 5.91 Å². The molecule has 0 bridgehead atoms. The molecule has 1 N–H and O–H groups in total. The summed E-state index contributed by atoms with van der Waals surface area (Å²) >= 11 is 0. The van der Waals surface area contributed by atoms with E-state index in [-0.39, 0.29) is 5.91 Å². The van der Waals surface area contributed by atoms with Crippen LogP contribution in [0.3, 0.4) is 0 Å². The van der Waals surface area contributed by atoms with Gasteiger partial charge in [0.05, 0.1) is 0 Å². The molecule has 0 atom stereocenters. The Balaban J connectivity index is 1.53. The zero-order valence-corrected chi connectivity index (χ0v) is 12.5. The summed E-state index contributed by atoms with van der Waals surface area (Å²) in [6.07, 6.45) is 5.43. The smallest absolute Gasteiger partial charge is 0.271 e. The van der Waals surface area contributed by atoms with Gasteiger partial charge in [-0.25, -0.2) is 4.98 Å². The first-order valence-electron chi connectivity index (χ1n) is 7.69. The first kappa shape index (κ1) is 14.1. The summed E-state index contributed by atoms with van der Waals surface area (Å²) < 4.78 is 1.94. The molecule has 1 amide bonds. The number of pyridine rings is 1. The number of nitrogens with one attached hydrogen (secondary N) is 1. The third-order valence-corrected chi connectivity index (χ3v) is 4.06. The van der Waals surface area contributed by atoms with Crippen molar-refractivity contribution in [3.63, 3.8) is 0 Å². The molecule has 0 radical (unpaired) electrons. The molecule has 2 aromatic rings. The number of hydrogen-bond donors (Lipinski definition) is 1. The highest BCUT2D eigenvalue weighted by Gasteiger charge is 2.12. The zero-order chi connectivity index (χ0) is 14.7. The van der Waals surface area contributed by atoms with Gasteiger partial charge in [-0.3, -0.25) is 4.79 Å². The molecule has 1 saturated heterocycles. The van der Waals surface area contributed by atoms with Gasteiger partial charge in [-0.05, 0) is 58.0 Å². The molecule has 5 heteroatoms. The summed E-state index contributed by atoms with van der Waals surface area (Å²) in [5.74, 6) is -0.0838. The molecule has 0 aromatic carbocycles. The number of carbonyl (C=O) groups is 1. The maximum Gasteiger partial charge on any atom is 0.271 e. The third-order valence-electron chi connectivity index (χ3n) is 4.06. The Bertz CT molecular complexity index is 628. The van der Waals surface area contributed by atoms with Crippen molar-refractivity contribution in [2.24, 2.45) is 0 Å². The van der Waals surface area contributed by atoms with E-state index in [2.05, 4.69) is 15.2 Å². The van der Waals surface area contributed by atoms with Crippen molar-refractivity contribution in [1.82, 2.24) is 19.6 Å². The summed E-state index contributed by atoms with van der Waals surface area (Å²) in [4.78, 5) is 19.0. The summed E-state index contributed by atoms with van der Waals surface area (Å²) in [5, 5.41) is 2.96. The minimum absolute atomic E-state index is 0.0838. The first-order chi connectivity index (χ1) is 10.2. The van der Waals surface area contributed by atoms with Crippen LogP contribution in [0.2, 0.25) is 0 Å². The average molecular weight is 286 g/mol. The molecule has 1 aliphatic rings. The molecule has 0 spiro atoms. The van der Waals surface area contributed by atoms with Crippen LogP contribution in [-0.2, 0) is 0 Å². The molecular formula is C16H22N4O. The minimum atomic E-state index is -0.0838. The summed E-state index contributed by atoms with van der Waals surface area (Å²) in [5.41, 5.74) is 2.38. The lowest BCUT2D eigenvalue weighted by Crippen LogP contribution is -2.28. The molecule has 3 rings (SSSR count). The summed E-state index contributed by atoms with van der Waals surface area (Å²) in [6, 6.07) is 5.87. The van der Waals surface area contributed by atoms with Crippen molar-refractivity contribution >= 4 is 11.6 Å². The van der Waals surface area contributed by atoms with Gasteiger partial charge < -0.3 is 14.6 Å². The Morgan fingerprint density at radius 2 is 2.14 bits per heavy atom. The highest BCUT2D eigenvalue weighted by molar-refractivity contribution is 5.92. The predicted molar refractivity (Wildman–Crippen MR) is 82.6 cm³/mol. The Labute approximate surface area is 125 Å². The maximum absolute atomic E-state index is 12.1. The van der Waals surface area contributed by atoms with Crippen molar-refractivity contribution < 1.29 is 4.79 Å². The van der Waals surface area contributed by atoms with E-state index in [1.807, 2.05) is 29.5 Å². The Morgan fingerprint density at radius 1 is 1.33 bits per heavy atom. The van der Waals surface area contributed by atoms with Gasteiger partial charge in [-0.15, -0.1) is 0 Å². The topological polar surface area (TPSA) is 49.6 Å². The van der Waals surface area contributed by atoms with Crippen molar-refractivity contribution in [3.8, 4) is 0 Å².